The van der Waals surface area contributed by atoms with Crippen LogP contribution in [0, 0.1) is 0 Å². The van der Waals surface area contributed by atoms with Gasteiger partial charge in [-0.05, 0) is 13.0 Å². The molecule has 0 aromatic carbocycles. The summed E-state index contributed by atoms with van der Waals surface area (Å²) in [5.41, 5.74) is 0. The van der Waals surface area contributed by atoms with Gasteiger partial charge in [-0.25, -0.2) is 9.78 Å². The van der Waals surface area contributed by atoms with Gasteiger partial charge in [0, 0.05) is 32.4 Å². The zero-order valence-corrected chi connectivity index (χ0v) is 13.2. The highest BCUT2D eigenvalue weighted by Gasteiger charge is 2.20. The average Bonchev–Trinajstić information content (AvgIpc) is 2.45. The summed E-state index contributed by atoms with van der Waals surface area (Å²) in [5, 5.41) is 6.83. The summed E-state index contributed by atoms with van der Waals surface area (Å²) in [4.78, 5) is 17.8. The number of halogens is 2. The van der Waals surface area contributed by atoms with Crippen LogP contribution in [0.5, 0.6) is 0 Å². The van der Waals surface area contributed by atoms with E-state index in [-0.39, 0.29) is 12.1 Å². The Hall–Kier alpha value is -1.24. The molecule has 0 saturated carbocycles. The van der Waals surface area contributed by atoms with Crippen LogP contribution in [-0.4, -0.2) is 54.8 Å². The fourth-order valence-electron chi connectivity index (χ4n) is 2.01. The minimum atomic E-state index is -0.0814. The molecule has 1 aromatic rings. The number of nitrogens with one attached hydrogen (secondary N) is 2. The Bertz CT molecular complexity index is 501. The third kappa shape index (κ3) is 4.91. The van der Waals surface area contributed by atoms with Crippen LogP contribution in [-0.2, 0) is 4.74 Å². The average molecular weight is 333 g/mol. The van der Waals surface area contributed by atoms with Crippen molar-refractivity contribution in [2.75, 3.05) is 38.1 Å². The Balaban J connectivity index is 1.70. The van der Waals surface area contributed by atoms with Crippen molar-refractivity contribution in [3.8, 4) is 0 Å². The molecule has 0 aliphatic carbocycles. The van der Waals surface area contributed by atoms with E-state index in [1.807, 2.05) is 6.92 Å². The van der Waals surface area contributed by atoms with Crippen LogP contribution in [0.15, 0.2) is 12.3 Å². The molecule has 0 bridgehead atoms. The maximum Gasteiger partial charge on any atom is 0.317 e. The third-order valence-corrected chi connectivity index (χ3v) is 3.52. The van der Waals surface area contributed by atoms with Crippen LogP contribution < -0.4 is 10.6 Å². The van der Waals surface area contributed by atoms with E-state index in [1.54, 1.807) is 11.0 Å². The van der Waals surface area contributed by atoms with Crippen LogP contribution in [0.2, 0.25) is 10.0 Å². The Kier molecular flexibility index (Phi) is 5.90. The molecular weight excluding hydrogens is 315 g/mol. The summed E-state index contributed by atoms with van der Waals surface area (Å²) < 4.78 is 5.40. The first-order valence-corrected chi connectivity index (χ1v) is 7.51. The molecule has 0 radical (unpaired) electrons. The molecule has 1 saturated heterocycles. The van der Waals surface area contributed by atoms with Crippen LogP contribution in [0.1, 0.15) is 6.92 Å². The number of nitrogens with zero attached hydrogens (tertiary/aromatic N) is 2. The van der Waals surface area contributed by atoms with Crippen molar-refractivity contribution in [2.24, 2.45) is 0 Å². The number of carbonyl (C=O) groups excluding carboxylic acids is 1. The Morgan fingerprint density at radius 1 is 1.52 bits per heavy atom. The van der Waals surface area contributed by atoms with E-state index in [1.165, 1.54) is 6.20 Å². The number of carbonyl (C=O) groups is 1. The van der Waals surface area contributed by atoms with Crippen molar-refractivity contribution in [3.63, 3.8) is 0 Å². The molecule has 1 atom stereocenters. The lowest BCUT2D eigenvalue weighted by molar-refractivity contribution is -0.00340. The number of rotatable bonds is 4. The van der Waals surface area contributed by atoms with Gasteiger partial charge >= 0.3 is 6.03 Å². The molecular formula is C13H18Cl2N4O2. The Morgan fingerprint density at radius 2 is 2.33 bits per heavy atom. The summed E-state index contributed by atoms with van der Waals surface area (Å²) in [7, 11) is 0. The van der Waals surface area contributed by atoms with Crippen LogP contribution in [0.25, 0.3) is 0 Å². The second-order valence-electron chi connectivity index (χ2n) is 4.77. The lowest BCUT2D eigenvalue weighted by Gasteiger charge is -2.31. The highest BCUT2D eigenvalue weighted by molar-refractivity contribution is 6.35. The van der Waals surface area contributed by atoms with Crippen molar-refractivity contribution in [3.05, 3.63) is 22.3 Å². The van der Waals surface area contributed by atoms with Gasteiger partial charge in [-0.1, -0.05) is 23.2 Å². The monoisotopic (exact) mass is 332 g/mol. The second kappa shape index (κ2) is 7.68. The molecule has 8 heteroatoms. The third-order valence-electron chi connectivity index (χ3n) is 3.03. The predicted octanol–water partition coefficient (Wildman–Crippen LogP) is 2.23. The number of hydrogen-bond acceptors (Lipinski definition) is 4. The number of amides is 2. The fraction of sp³-hybridized carbons (Fsp3) is 0.538. The normalized spacial score (nSPS) is 18.4. The number of hydrogen-bond donors (Lipinski definition) is 2. The first-order chi connectivity index (χ1) is 10.1. The van der Waals surface area contributed by atoms with Crippen molar-refractivity contribution in [1.29, 1.82) is 0 Å². The number of urea groups is 1. The molecule has 1 aliphatic heterocycles. The van der Waals surface area contributed by atoms with Gasteiger partial charge in [0.15, 0.2) is 0 Å². The number of aromatic nitrogens is 1. The van der Waals surface area contributed by atoms with Gasteiger partial charge < -0.3 is 20.3 Å². The number of anilines is 1. The molecule has 1 fully saturated rings. The van der Waals surface area contributed by atoms with E-state index in [0.717, 1.165) is 0 Å². The molecule has 0 spiro atoms. The summed E-state index contributed by atoms with van der Waals surface area (Å²) in [6, 6.07) is 1.54. The van der Waals surface area contributed by atoms with Crippen LogP contribution in [0.3, 0.4) is 0 Å². The number of pyridine rings is 1. The quantitative estimate of drug-likeness (QED) is 0.830. The summed E-state index contributed by atoms with van der Waals surface area (Å²) >= 11 is 11.8. The van der Waals surface area contributed by atoms with E-state index in [4.69, 9.17) is 27.9 Å². The largest absolute Gasteiger partial charge is 0.375 e. The van der Waals surface area contributed by atoms with E-state index in [2.05, 4.69) is 15.6 Å². The maximum atomic E-state index is 11.9. The molecule has 2 heterocycles. The molecule has 2 N–H and O–H groups in total. The second-order valence-corrected chi connectivity index (χ2v) is 5.61. The molecule has 2 amide bonds. The molecule has 2 rings (SSSR count). The minimum absolute atomic E-state index is 0.0814. The smallest absolute Gasteiger partial charge is 0.317 e. The van der Waals surface area contributed by atoms with Gasteiger partial charge in [-0.15, -0.1) is 0 Å². The van der Waals surface area contributed by atoms with Crippen molar-refractivity contribution in [2.45, 2.75) is 13.0 Å². The standard InChI is InChI=1S/C13H18Cl2N4O2/c1-9-8-19(4-5-21-9)13(20)17-3-2-16-12-11(15)6-10(14)7-18-12/h6-7,9H,2-5,8H2,1H3,(H,16,18)(H,17,20)/t9-/m1/s1. The SMILES string of the molecule is C[C@@H]1CN(C(=O)NCCNc2ncc(Cl)cc2Cl)CCO1. The molecule has 0 unspecified atom stereocenters. The molecule has 116 valence electrons. The van der Waals surface area contributed by atoms with Crippen LogP contribution >= 0.6 is 23.2 Å². The van der Waals surface area contributed by atoms with Gasteiger partial charge in [0.05, 0.1) is 22.8 Å². The van der Waals surface area contributed by atoms with Crippen LogP contribution in [0.4, 0.5) is 10.6 Å². The zero-order chi connectivity index (χ0) is 15.2. The number of morpholine rings is 1. The predicted molar refractivity (Wildman–Crippen MR) is 83.1 cm³/mol. The highest BCUT2D eigenvalue weighted by Crippen LogP contribution is 2.21. The molecule has 1 aromatic heterocycles. The maximum absolute atomic E-state index is 11.9. The summed E-state index contributed by atoms with van der Waals surface area (Å²) in [6.45, 7) is 4.77. The van der Waals surface area contributed by atoms with Gasteiger partial charge in [-0.3, -0.25) is 0 Å². The topological polar surface area (TPSA) is 66.5 Å². The van der Waals surface area contributed by atoms with E-state index in [9.17, 15) is 4.79 Å². The molecule has 6 nitrogen and oxygen atoms in total. The lowest BCUT2D eigenvalue weighted by Crippen LogP contribution is -2.49. The molecule has 1 aliphatic rings. The fourth-order valence-corrected chi connectivity index (χ4v) is 2.46. The minimum Gasteiger partial charge on any atom is -0.375 e. The number of ether oxygens (including phenoxy) is 1. The highest BCUT2D eigenvalue weighted by atomic mass is 35.5. The van der Waals surface area contributed by atoms with Gasteiger partial charge in [0.25, 0.3) is 0 Å². The summed E-state index contributed by atoms with van der Waals surface area (Å²) in [6.07, 6.45) is 1.60. The van der Waals surface area contributed by atoms with Gasteiger partial charge in [-0.2, -0.15) is 0 Å². The van der Waals surface area contributed by atoms with Gasteiger partial charge in [0.1, 0.15) is 5.82 Å². The van der Waals surface area contributed by atoms with E-state index < -0.39 is 0 Å². The van der Waals surface area contributed by atoms with E-state index >= 15 is 0 Å². The first kappa shape index (κ1) is 16.1. The Morgan fingerprint density at radius 3 is 3.05 bits per heavy atom. The summed E-state index contributed by atoms with van der Waals surface area (Å²) in [5.74, 6) is 0.551. The van der Waals surface area contributed by atoms with E-state index in [0.29, 0.717) is 48.6 Å². The van der Waals surface area contributed by atoms with Gasteiger partial charge in [0.2, 0.25) is 0 Å². The van der Waals surface area contributed by atoms with Crippen molar-refractivity contribution >= 4 is 35.1 Å². The zero-order valence-electron chi connectivity index (χ0n) is 11.7. The van der Waals surface area contributed by atoms with Crippen molar-refractivity contribution in [1.82, 2.24) is 15.2 Å². The van der Waals surface area contributed by atoms with Crippen molar-refractivity contribution < 1.29 is 9.53 Å². The lowest BCUT2D eigenvalue weighted by atomic mass is 10.3. The first-order valence-electron chi connectivity index (χ1n) is 6.75. The Labute approximate surface area is 133 Å². The molecule has 21 heavy (non-hydrogen) atoms.